The van der Waals surface area contributed by atoms with Crippen LogP contribution in [0.25, 0.3) is 33.4 Å². The standard InChI is InChI=1S/C26H25FN2O4S/c1-4-14-29(34(3,31)32)22-16-23-21(15-20(22)17-8-6-5-7-9-17)24(26(30)28-2)25(33-23)18-10-12-19(27)13-11-18/h5-13,15-16H,4,14H2,1-3H3,(H,28,30). The molecular weight excluding hydrogens is 455 g/mol. The van der Waals surface area contributed by atoms with Crippen LogP contribution in [-0.4, -0.2) is 34.2 Å². The van der Waals surface area contributed by atoms with Crippen LogP contribution in [0.1, 0.15) is 23.7 Å². The summed E-state index contributed by atoms with van der Waals surface area (Å²) in [6.07, 6.45) is 1.78. The molecule has 1 amide bonds. The molecule has 0 radical (unpaired) electrons. The van der Waals surface area contributed by atoms with Gasteiger partial charge in [0, 0.05) is 36.2 Å². The second kappa shape index (κ2) is 9.30. The molecule has 1 heterocycles. The fourth-order valence-electron chi connectivity index (χ4n) is 4.01. The summed E-state index contributed by atoms with van der Waals surface area (Å²) in [5.74, 6) is -0.483. The number of fused-ring (bicyclic) bond motifs is 1. The van der Waals surface area contributed by atoms with E-state index in [9.17, 15) is 17.6 Å². The lowest BCUT2D eigenvalue weighted by Gasteiger charge is -2.24. The second-order valence-corrected chi connectivity index (χ2v) is 9.87. The highest BCUT2D eigenvalue weighted by atomic mass is 32.2. The normalized spacial score (nSPS) is 11.5. The smallest absolute Gasteiger partial charge is 0.255 e. The van der Waals surface area contributed by atoms with E-state index < -0.39 is 15.8 Å². The number of halogens is 1. The van der Waals surface area contributed by atoms with Crippen molar-refractivity contribution in [2.45, 2.75) is 13.3 Å². The molecule has 8 heteroatoms. The number of carbonyl (C=O) groups is 1. The van der Waals surface area contributed by atoms with Crippen molar-refractivity contribution in [1.82, 2.24) is 5.32 Å². The Kier molecular flexibility index (Phi) is 6.43. The highest BCUT2D eigenvalue weighted by Gasteiger charge is 2.27. The SMILES string of the molecule is CCCN(c1cc2oc(-c3ccc(F)cc3)c(C(=O)NC)c2cc1-c1ccccc1)S(C)(=O)=O. The van der Waals surface area contributed by atoms with Crippen molar-refractivity contribution in [2.24, 2.45) is 0 Å². The number of benzene rings is 3. The van der Waals surface area contributed by atoms with Crippen LogP contribution in [0.3, 0.4) is 0 Å². The van der Waals surface area contributed by atoms with Gasteiger partial charge in [-0.05, 0) is 42.3 Å². The molecule has 0 bridgehead atoms. The largest absolute Gasteiger partial charge is 0.455 e. The van der Waals surface area contributed by atoms with Crippen LogP contribution in [-0.2, 0) is 10.0 Å². The van der Waals surface area contributed by atoms with Gasteiger partial charge in [-0.2, -0.15) is 0 Å². The number of anilines is 1. The van der Waals surface area contributed by atoms with Crippen molar-refractivity contribution in [3.63, 3.8) is 0 Å². The molecule has 6 nitrogen and oxygen atoms in total. The van der Waals surface area contributed by atoms with Gasteiger partial charge in [0.2, 0.25) is 10.0 Å². The minimum atomic E-state index is -3.59. The first-order valence-corrected chi connectivity index (χ1v) is 12.7. The Balaban J connectivity index is 2.08. The third-order valence-corrected chi connectivity index (χ3v) is 6.73. The molecule has 0 spiro atoms. The van der Waals surface area contributed by atoms with Gasteiger partial charge in [0.05, 0.1) is 17.5 Å². The van der Waals surface area contributed by atoms with Gasteiger partial charge in [-0.25, -0.2) is 12.8 Å². The van der Waals surface area contributed by atoms with Crippen molar-refractivity contribution in [2.75, 3.05) is 24.2 Å². The Morgan fingerprint density at radius 3 is 2.29 bits per heavy atom. The van der Waals surface area contributed by atoms with Crippen LogP contribution in [0, 0.1) is 5.82 Å². The summed E-state index contributed by atoms with van der Waals surface area (Å²) in [5, 5.41) is 3.18. The van der Waals surface area contributed by atoms with E-state index in [1.807, 2.05) is 37.3 Å². The summed E-state index contributed by atoms with van der Waals surface area (Å²) < 4.78 is 46.4. The van der Waals surface area contributed by atoms with E-state index in [2.05, 4.69) is 5.32 Å². The first-order chi connectivity index (χ1) is 16.2. The third-order valence-electron chi connectivity index (χ3n) is 5.55. The van der Waals surface area contributed by atoms with Gasteiger partial charge < -0.3 is 9.73 Å². The van der Waals surface area contributed by atoms with Gasteiger partial charge in [0.25, 0.3) is 5.91 Å². The summed E-state index contributed by atoms with van der Waals surface area (Å²) in [6, 6.07) is 18.5. The zero-order valence-corrected chi connectivity index (χ0v) is 19.9. The predicted octanol–water partition coefficient (Wildman–Crippen LogP) is 5.44. The molecule has 0 atom stereocenters. The molecule has 0 aliphatic heterocycles. The number of nitrogens with one attached hydrogen (secondary N) is 1. The molecule has 1 aromatic heterocycles. The highest BCUT2D eigenvalue weighted by Crippen LogP contribution is 2.41. The third kappa shape index (κ3) is 4.41. The summed E-state index contributed by atoms with van der Waals surface area (Å²) >= 11 is 0. The van der Waals surface area contributed by atoms with Crippen LogP contribution in [0.4, 0.5) is 10.1 Å². The van der Waals surface area contributed by atoms with Crippen molar-refractivity contribution in [3.8, 4) is 22.5 Å². The highest BCUT2D eigenvalue weighted by molar-refractivity contribution is 7.92. The molecule has 34 heavy (non-hydrogen) atoms. The fourth-order valence-corrected chi connectivity index (χ4v) is 5.03. The van der Waals surface area contributed by atoms with Gasteiger partial charge in [0.1, 0.15) is 17.2 Å². The van der Waals surface area contributed by atoms with Crippen molar-refractivity contribution in [3.05, 3.63) is 78.1 Å². The average molecular weight is 481 g/mol. The number of hydrogen-bond donors (Lipinski definition) is 1. The lowest BCUT2D eigenvalue weighted by Crippen LogP contribution is -2.31. The van der Waals surface area contributed by atoms with E-state index in [1.165, 1.54) is 29.7 Å². The number of furan rings is 1. The second-order valence-electron chi connectivity index (χ2n) is 7.96. The number of nitrogens with zero attached hydrogens (tertiary/aromatic N) is 1. The molecule has 0 unspecified atom stereocenters. The van der Waals surface area contributed by atoms with Gasteiger partial charge in [0.15, 0.2) is 0 Å². The molecule has 0 saturated heterocycles. The van der Waals surface area contributed by atoms with Crippen molar-refractivity contribution in [1.29, 1.82) is 0 Å². The number of carbonyl (C=O) groups excluding carboxylic acids is 1. The lowest BCUT2D eigenvalue weighted by atomic mass is 9.98. The van der Waals surface area contributed by atoms with Crippen LogP contribution in [0.5, 0.6) is 0 Å². The molecule has 4 rings (SSSR count). The summed E-state index contributed by atoms with van der Waals surface area (Å²) in [6.45, 7) is 2.19. The fraction of sp³-hybridized carbons (Fsp3) is 0.192. The Hall–Kier alpha value is -3.65. The zero-order valence-electron chi connectivity index (χ0n) is 19.1. The van der Waals surface area contributed by atoms with Crippen LogP contribution >= 0.6 is 0 Å². The first kappa shape index (κ1) is 23.5. The molecule has 0 aliphatic rings. The van der Waals surface area contributed by atoms with Crippen LogP contribution in [0.2, 0.25) is 0 Å². The van der Waals surface area contributed by atoms with E-state index >= 15 is 0 Å². The summed E-state index contributed by atoms with van der Waals surface area (Å²) in [7, 11) is -2.07. The number of sulfonamides is 1. The average Bonchev–Trinajstić information content (AvgIpc) is 3.20. The van der Waals surface area contributed by atoms with E-state index in [4.69, 9.17) is 4.42 Å². The van der Waals surface area contributed by atoms with E-state index in [-0.39, 0.29) is 18.2 Å². The Morgan fingerprint density at radius 2 is 1.71 bits per heavy atom. The minimum absolute atomic E-state index is 0.284. The van der Waals surface area contributed by atoms with Gasteiger partial charge >= 0.3 is 0 Å². The van der Waals surface area contributed by atoms with Gasteiger partial charge in [-0.1, -0.05) is 37.3 Å². The maximum absolute atomic E-state index is 13.5. The van der Waals surface area contributed by atoms with Crippen LogP contribution in [0.15, 0.2) is 71.1 Å². The van der Waals surface area contributed by atoms with Gasteiger partial charge in [-0.15, -0.1) is 0 Å². The molecule has 0 fully saturated rings. The van der Waals surface area contributed by atoms with E-state index in [0.717, 1.165) is 5.56 Å². The first-order valence-electron chi connectivity index (χ1n) is 10.9. The molecule has 0 saturated carbocycles. The Bertz CT molecular complexity index is 1450. The van der Waals surface area contributed by atoms with Crippen LogP contribution < -0.4 is 9.62 Å². The maximum atomic E-state index is 13.5. The van der Waals surface area contributed by atoms with Crippen molar-refractivity contribution < 1.29 is 22.0 Å². The van der Waals surface area contributed by atoms with E-state index in [0.29, 0.717) is 39.8 Å². The van der Waals surface area contributed by atoms with E-state index in [1.54, 1.807) is 24.3 Å². The monoisotopic (exact) mass is 480 g/mol. The zero-order chi connectivity index (χ0) is 24.5. The Labute approximate surface area is 198 Å². The topological polar surface area (TPSA) is 79.6 Å². The lowest BCUT2D eigenvalue weighted by molar-refractivity contribution is 0.0964. The van der Waals surface area contributed by atoms with Gasteiger partial charge in [-0.3, -0.25) is 9.10 Å². The maximum Gasteiger partial charge on any atom is 0.255 e. The quantitative estimate of drug-likeness (QED) is 0.382. The number of hydrogen-bond acceptors (Lipinski definition) is 4. The molecular formula is C26H25FN2O4S. The summed E-state index contributed by atoms with van der Waals surface area (Å²) in [5.41, 5.74) is 3.12. The summed E-state index contributed by atoms with van der Waals surface area (Å²) in [4.78, 5) is 12.9. The predicted molar refractivity (Wildman–Crippen MR) is 133 cm³/mol. The number of rotatable bonds is 7. The number of amides is 1. The molecule has 3 aromatic carbocycles. The molecule has 0 aliphatic carbocycles. The Morgan fingerprint density at radius 1 is 1.03 bits per heavy atom. The van der Waals surface area contributed by atoms with Crippen molar-refractivity contribution >= 4 is 32.6 Å². The molecule has 176 valence electrons. The minimum Gasteiger partial charge on any atom is -0.455 e. The molecule has 4 aromatic rings. The molecule has 1 N–H and O–H groups in total.